The van der Waals surface area contributed by atoms with Crippen molar-refractivity contribution >= 4 is 11.5 Å². The molecule has 1 heterocycles. The van der Waals surface area contributed by atoms with Crippen LogP contribution in [0, 0.1) is 6.92 Å². The molecule has 2 rings (SSSR count). The smallest absolute Gasteiger partial charge is 0.132 e. The molecule has 0 bridgehead atoms. The van der Waals surface area contributed by atoms with Crippen LogP contribution in [0.3, 0.4) is 0 Å². The van der Waals surface area contributed by atoms with Gasteiger partial charge in [0.05, 0.1) is 0 Å². The molecule has 1 N–H and O–H groups in total. The number of aromatic nitrogens is 1. The van der Waals surface area contributed by atoms with Gasteiger partial charge in [0, 0.05) is 25.5 Å². The fraction of sp³-hybridized carbons (Fsp3) is 0.353. The third-order valence-corrected chi connectivity index (χ3v) is 3.39. The van der Waals surface area contributed by atoms with Crippen LogP contribution in [0.1, 0.15) is 24.5 Å². The van der Waals surface area contributed by atoms with Gasteiger partial charge in [-0.25, -0.2) is 4.98 Å². The molecule has 0 amide bonds. The van der Waals surface area contributed by atoms with Crippen molar-refractivity contribution in [3.05, 3.63) is 53.7 Å². The van der Waals surface area contributed by atoms with Crippen molar-refractivity contribution in [3.63, 3.8) is 0 Å². The van der Waals surface area contributed by atoms with Gasteiger partial charge in [-0.1, -0.05) is 31.2 Å². The molecule has 0 unspecified atom stereocenters. The van der Waals surface area contributed by atoms with Gasteiger partial charge in [0.15, 0.2) is 0 Å². The van der Waals surface area contributed by atoms with E-state index in [0.717, 1.165) is 25.3 Å². The number of nitrogens with one attached hydrogen (secondary N) is 1. The zero-order valence-corrected chi connectivity index (χ0v) is 12.6. The van der Waals surface area contributed by atoms with E-state index >= 15 is 0 Å². The lowest BCUT2D eigenvalue weighted by Gasteiger charge is -2.20. The third-order valence-electron chi connectivity index (χ3n) is 3.39. The first-order valence-electron chi connectivity index (χ1n) is 7.17. The quantitative estimate of drug-likeness (QED) is 0.811. The lowest BCUT2D eigenvalue weighted by atomic mass is 10.2. The Morgan fingerprint density at radius 1 is 1.15 bits per heavy atom. The number of para-hydroxylation sites is 1. The fourth-order valence-corrected chi connectivity index (χ4v) is 2.19. The van der Waals surface area contributed by atoms with Gasteiger partial charge in [-0.3, -0.25) is 0 Å². The van der Waals surface area contributed by atoms with Crippen molar-refractivity contribution in [2.45, 2.75) is 26.8 Å². The van der Waals surface area contributed by atoms with Gasteiger partial charge in [0.1, 0.15) is 5.82 Å². The number of pyridine rings is 1. The molecule has 0 radical (unpaired) electrons. The number of benzene rings is 1. The van der Waals surface area contributed by atoms with Gasteiger partial charge in [-0.05, 0) is 43.1 Å². The molecule has 0 aliphatic rings. The van der Waals surface area contributed by atoms with Gasteiger partial charge in [-0.15, -0.1) is 0 Å². The van der Waals surface area contributed by atoms with Crippen molar-refractivity contribution in [1.82, 2.24) is 10.3 Å². The highest BCUT2D eigenvalue weighted by molar-refractivity contribution is 5.62. The van der Waals surface area contributed by atoms with E-state index in [1.165, 1.54) is 16.8 Å². The Labute approximate surface area is 121 Å². The second kappa shape index (κ2) is 7.06. The summed E-state index contributed by atoms with van der Waals surface area (Å²) in [5.41, 5.74) is 3.67. The largest absolute Gasteiger partial charge is 0.329 e. The maximum absolute atomic E-state index is 4.56. The van der Waals surface area contributed by atoms with E-state index in [9.17, 15) is 0 Å². The van der Waals surface area contributed by atoms with Crippen LogP contribution in [0.2, 0.25) is 0 Å². The summed E-state index contributed by atoms with van der Waals surface area (Å²) in [7, 11) is 2.06. The molecule has 0 spiro atoms. The number of hydrogen-bond donors (Lipinski definition) is 1. The maximum Gasteiger partial charge on any atom is 0.132 e. The second-order valence-corrected chi connectivity index (χ2v) is 5.05. The standard InChI is InChI=1S/C17H23N3/c1-4-11-18-12-15-9-10-17(19-13-15)20(3)16-8-6-5-7-14(16)2/h5-10,13,18H,4,11-12H2,1-3H3. The van der Waals surface area contributed by atoms with Gasteiger partial charge < -0.3 is 10.2 Å². The van der Waals surface area contributed by atoms with Crippen molar-refractivity contribution < 1.29 is 0 Å². The molecule has 20 heavy (non-hydrogen) atoms. The predicted octanol–water partition coefficient (Wildman–Crippen LogP) is 3.66. The molecule has 0 aliphatic carbocycles. The Morgan fingerprint density at radius 3 is 2.60 bits per heavy atom. The Kier molecular flexibility index (Phi) is 5.13. The Hall–Kier alpha value is -1.87. The lowest BCUT2D eigenvalue weighted by molar-refractivity contribution is 0.674. The summed E-state index contributed by atoms with van der Waals surface area (Å²) in [6.07, 6.45) is 3.11. The minimum absolute atomic E-state index is 0.884. The molecule has 1 aromatic carbocycles. The average Bonchev–Trinajstić information content (AvgIpc) is 2.48. The average molecular weight is 269 g/mol. The van der Waals surface area contributed by atoms with Crippen molar-refractivity contribution in [3.8, 4) is 0 Å². The zero-order valence-electron chi connectivity index (χ0n) is 12.6. The van der Waals surface area contributed by atoms with E-state index in [1.54, 1.807) is 0 Å². The van der Waals surface area contributed by atoms with Gasteiger partial charge >= 0.3 is 0 Å². The zero-order chi connectivity index (χ0) is 14.4. The summed E-state index contributed by atoms with van der Waals surface area (Å²) in [5.74, 6) is 0.971. The fourth-order valence-electron chi connectivity index (χ4n) is 2.19. The molecular weight excluding hydrogens is 246 g/mol. The molecule has 0 fully saturated rings. The third kappa shape index (κ3) is 3.58. The highest BCUT2D eigenvalue weighted by Crippen LogP contribution is 2.24. The van der Waals surface area contributed by atoms with E-state index < -0.39 is 0 Å². The van der Waals surface area contributed by atoms with E-state index in [0.29, 0.717) is 0 Å². The van der Waals surface area contributed by atoms with Gasteiger partial charge in [0.25, 0.3) is 0 Å². The number of anilines is 2. The minimum Gasteiger partial charge on any atom is -0.329 e. The van der Waals surface area contributed by atoms with Crippen molar-refractivity contribution in [2.24, 2.45) is 0 Å². The van der Waals surface area contributed by atoms with Crippen LogP contribution in [0.15, 0.2) is 42.6 Å². The summed E-state index contributed by atoms with van der Waals surface area (Å²) in [4.78, 5) is 6.68. The molecule has 0 saturated heterocycles. The number of rotatable bonds is 6. The lowest BCUT2D eigenvalue weighted by Crippen LogP contribution is -2.15. The maximum atomic E-state index is 4.56. The van der Waals surface area contributed by atoms with Gasteiger partial charge in [-0.2, -0.15) is 0 Å². The van der Waals surface area contributed by atoms with Crippen LogP contribution in [0.4, 0.5) is 11.5 Å². The Bertz CT molecular complexity index is 534. The van der Waals surface area contributed by atoms with Crippen LogP contribution in [-0.2, 0) is 6.54 Å². The van der Waals surface area contributed by atoms with Crippen molar-refractivity contribution in [1.29, 1.82) is 0 Å². The van der Waals surface area contributed by atoms with E-state index in [-0.39, 0.29) is 0 Å². The summed E-state index contributed by atoms with van der Waals surface area (Å²) >= 11 is 0. The summed E-state index contributed by atoms with van der Waals surface area (Å²) in [6, 6.07) is 12.6. The summed E-state index contributed by atoms with van der Waals surface area (Å²) in [6.45, 7) is 6.22. The summed E-state index contributed by atoms with van der Waals surface area (Å²) in [5, 5.41) is 3.39. The van der Waals surface area contributed by atoms with E-state index in [4.69, 9.17) is 0 Å². The first-order chi connectivity index (χ1) is 9.72. The second-order valence-electron chi connectivity index (χ2n) is 5.05. The van der Waals surface area contributed by atoms with E-state index in [2.05, 4.69) is 72.5 Å². The molecular formula is C17H23N3. The van der Waals surface area contributed by atoms with Crippen LogP contribution in [-0.4, -0.2) is 18.6 Å². The first kappa shape index (κ1) is 14.5. The number of nitrogens with zero attached hydrogens (tertiary/aromatic N) is 2. The number of aryl methyl sites for hydroxylation is 1. The minimum atomic E-state index is 0.884. The predicted molar refractivity (Wildman–Crippen MR) is 85.5 cm³/mol. The normalized spacial score (nSPS) is 10.6. The molecule has 0 aliphatic heterocycles. The highest BCUT2D eigenvalue weighted by Gasteiger charge is 2.07. The van der Waals surface area contributed by atoms with Crippen LogP contribution < -0.4 is 10.2 Å². The molecule has 0 atom stereocenters. The first-order valence-corrected chi connectivity index (χ1v) is 7.17. The van der Waals surface area contributed by atoms with Crippen molar-refractivity contribution in [2.75, 3.05) is 18.5 Å². The Balaban J connectivity index is 2.08. The summed E-state index contributed by atoms with van der Waals surface area (Å²) < 4.78 is 0. The molecule has 3 heteroatoms. The molecule has 1 aromatic heterocycles. The van der Waals surface area contributed by atoms with E-state index in [1.807, 2.05) is 6.20 Å². The molecule has 106 valence electrons. The SMILES string of the molecule is CCCNCc1ccc(N(C)c2ccccc2C)nc1. The van der Waals surface area contributed by atoms with Gasteiger partial charge in [0.2, 0.25) is 0 Å². The number of hydrogen-bond acceptors (Lipinski definition) is 3. The molecule has 0 saturated carbocycles. The molecule has 3 nitrogen and oxygen atoms in total. The van der Waals surface area contributed by atoms with Crippen LogP contribution in [0.25, 0.3) is 0 Å². The molecule has 2 aromatic rings. The van der Waals surface area contributed by atoms with Crippen LogP contribution >= 0.6 is 0 Å². The highest BCUT2D eigenvalue weighted by atomic mass is 15.2. The van der Waals surface area contributed by atoms with Crippen LogP contribution in [0.5, 0.6) is 0 Å². The Morgan fingerprint density at radius 2 is 1.95 bits per heavy atom. The topological polar surface area (TPSA) is 28.2 Å². The monoisotopic (exact) mass is 269 g/mol.